The largest absolute Gasteiger partial charge is 0.349 e. The molecule has 0 aromatic heterocycles. The summed E-state index contributed by atoms with van der Waals surface area (Å²) in [7, 11) is 0. The quantitative estimate of drug-likeness (QED) is 0.215. The summed E-state index contributed by atoms with van der Waals surface area (Å²) in [6.45, 7) is 17.3. The second-order valence-corrected chi connectivity index (χ2v) is 15.0. The number of thioether (sulfide) groups is 1. The first-order valence-electron chi connectivity index (χ1n) is 14.5. The van der Waals surface area contributed by atoms with E-state index in [4.69, 9.17) is 0 Å². The highest BCUT2D eigenvalue weighted by Gasteiger charge is 2.69. The lowest BCUT2D eigenvalue weighted by molar-refractivity contribution is -0.146. The lowest BCUT2D eigenvalue weighted by Crippen LogP contribution is -2.56. The third kappa shape index (κ3) is 7.22. The van der Waals surface area contributed by atoms with Gasteiger partial charge >= 0.3 is 0 Å². The molecule has 0 bridgehead atoms. The van der Waals surface area contributed by atoms with Gasteiger partial charge in [-0.3, -0.25) is 19.2 Å². The van der Waals surface area contributed by atoms with Crippen LogP contribution >= 0.6 is 11.8 Å². The molecular weight excluding hydrogens is 498 g/mol. The summed E-state index contributed by atoms with van der Waals surface area (Å²) in [6, 6.07) is -1.54. The number of Topliss-reactive ketones (excluding diaryl/α,β-unsaturated/α-hetero) is 1. The number of carbonyl (C=O) groups excluding carboxylic acids is 4. The number of piperidine rings is 1. The van der Waals surface area contributed by atoms with Gasteiger partial charge in [-0.25, -0.2) is 0 Å². The SMILES string of the molecule is C=CCC[C@H](NC(=O)[C@@H]1[C@@H]2[C@H](CN1C(=O)[C@@H](C)C1CCCCC1)C2(C)C)C(=O)C(=O)NCCSC(C)(C)C. The molecule has 1 aliphatic heterocycles. The maximum absolute atomic E-state index is 13.7. The summed E-state index contributed by atoms with van der Waals surface area (Å²) in [5.74, 6) is -0.261. The zero-order valence-electron chi connectivity index (χ0n) is 24.3. The lowest BCUT2D eigenvalue weighted by Gasteiger charge is -2.35. The zero-order chi connectivity index (χ0) is 28.3. The molecule has 3 rings (SSSR count). The van der Waals surface area contributed by atoms with Crippen LogP contribution in [0.5, 0.6) is 0 Å². The van der Waals surface area contributed by atoms with E-state index in [1.165, 1.54) is 6.42 Å². The minimum Gasteiger partial charge on any atom is -0.349 e. The van der Waals surface area contributed by atoms with Crippen LogP contribution in [0.25, 0.3) is 0 Å². The van der Waals surface area contributed by atoms with Crippen LogP contribution < -0.4 is 10.6 Å². The van der Waals surface area contributed by atoms with Crippen molar-refractivity contribution in [1.29, 1.82) is 0 Å². The minimum atomic E-state index is -0.940. The Labute approximate surface area is 233 Å². The highest BCUT2D eigenvalue weighted by Crippen LogP contribution is 2.65. The van der Waals surface area contributed by atoms with Gasteiger partial charge in [-0.15, -0.1) is 6.58 Å². The van der Waals surface area contributed by atoms with Crippen molar-refractivity contribution in [3.05, 3.63) is 12.7 Å². The highest BCUT2D eigenvalue weighted by molar-refractivity contribution is 8.00. The molecule has 0 spiro atoms. The maximum atomic E-state index is 13.7. The average molecular weight is 548 g/mol. The van der Waals surface area contributed by atoms with Crippen LogP contribution in [-0.2, 0) is 19.2 Å². The van der Waals surface area contributed by atoms with E-state index in [0.29, 0.717) is 37.6 Å². The van der Waals surface area contributed by atoms with Crippen molar-refractivity contribution in [2.24, 2.45) is 29.1 Å². The Morgan fingerprint density at radius 2 is 1.79 bits per heavy atom. The number of carbonyl (C=O) groups is 4. The maximum Gasteiger partial charge on any atom is 0.289 e. The molecule has 0 radical (unpaired) electrons. The van der Waals surface area contributed by atoms with Crippen molar-refractivity contribution in [3.63, 3.8) is 0 Å². The van der Waals surface area contributed by atoms with Gasteiger partial charge in [0, 0.05) is 29.5 Å². The van der Waals surface area contributed by atoms with Gasteiger partial charge in [0.2, 0.25) is 17.6 Å². The van der Waals surface area contributed by atoms with Crippen LogP contribution in [0, 0.1) is 29.1 Å². The van der Waals surface area contributed by atoms with Crippen molar-refractivity contribution in [2.75, 3.05) is 18.8 Å². The van der Waals surface area contributed by atoms with Gasteiger partial charge < -0.3 is 15.5 Å². The van der Waals surface area contributed by atoms with Crippen LogP contribution in [0.4, 0.5) is 0 Å². The predicted molar refractivity (Wildman–Crippen MR) is 154 cm³/mol. The number of hydrogen-bond donors (Lipinski definition) is 2. The molecule has 5 atom stereocenters. The smallest absolute Gasteiger partial charge is 0.289 e. The van der Waals surface area contributed by atoms with Gasteiger partial charge in [-0.1, -0.05) is 66.9 Å². The molecule has 0 aromatic rings. The van der Waals surface area contributed by atoms with Crippen molar-refractivity contribution in [3.8, 4) is 0 Å². The molecule has 7 nitrogen and oxygen atoms in total. The van der Waals surface area contributed by atoms with Crippen LogP contribution in [0.1, 0.15) is 86.5 Å². The van der Waals surface area contributed by atoms with Crippen LogP contribution in [-0.4, -0.2) is 64.1 Å². The fourth-order valence-electron chi connectivity index (χ4n) is 6.49. The van der Waals surface area contributed by atoms with Crippen LogP contribution in [0.3, 0.4) is 0 Å². The van der Waals surface area contributed by atoms with Crippen molar-refractivity contribution in [2.45, 2.75) is 103 Å². The Kier molecular flexibility index (Phi) is 10.2. The van der Waals surface area contributed by atoms with E-state index in [1.807, 2.05) is 6.92 Å². The van der Waals surface area contributed by atoms with Gasteiger partial charge in [0.1, 0.15) is 6.04 Å². The van der Waals surface area contributed by atoms with Crippen molar-refractivity contribution < 1.29 is 19.2 Å². The average Bonchev–Trinajstić information content (AvgIpc) is 3.19. The second-order valence-electron chi connectivity index (χ2n) is 13.1. The number of nitrogens with one attached hydrogen (secondary N) is 2. The second kappa shape index (κ2) is 12.6. The molecule has 2 saturated carbocycles. The van der Waals surface area contributed by atoms with Gasteiger partial charge in [-0.05, 0) is 48.9 Å². The number of amides is 3. The molecule has 8 heteroatoms. The third-order valence-corrected chi connectivity index (χ3v) is 10.2. The standard InChI is InChI=1S/C30H49N3O4S/c1-8-9-15-22(25(34)27(36)31-16-17-38-29(3,4)5)32-26(35)24-23-21(30(23,6)7)18-33(24)28(37)19(2)20-13-11-10-12-14-20/h8,19-24H,1,9-18H2,2-7H3,(H,31,36)(H,32,35)/t19-,21-,22-,23-,24-/m0/s1. The lowest BCUT2D eigenvalue weighted by atomic mass is 9.80. The highest BCUT2D eigenvalue weighted by atomic mass is 32.2. The molecule has 2 N–H and O–H groups in total. The molecule has 3 amide bonds. The molecule has 214 valence electrons. The number of nitrogens with zero attached hydrogens (tertiary/aromatic N) is 1. The third-order valence-electron chi connectivity index (χ3n) is 8.95. The Balaban J connectivity index is 1.68. The van der Waals surface area contributed by atoms with E-state index < -0.39 is 23.8 Å². The number of allylic oxidation sites excluding steroid dienone is 1. The Hall–Kier alpha value is -1.83. The molecule has 1 saturated heterocycles. The molecule has 2 aliphatic carbocycles. The van der Waals surface area contributed by atoms with Gasteiger partial charge in [0.05, 0.1) is 6.04 Å². The normalized spacial score (nSPS) is 26.2. The molecule has 3 aliphatic rings. The number of hydrogen-bond acceptors (Lipinski definition) is 5. The first kappa shape index (κ1) is 30.7. The van der Waals surface area contributed by atoms with Crippen LogP contribution in [0.15, 0.2) is 12.7 Å². The van der Waals surface area contributed by atoms with E-state index in [2.05, 4.69) is 51.8 Å². The van der Waals surface area contributed by atoms with E-state index in [-0.39, 0.29) is 39.7 Å². The van der Waals surface area contributed by atoms with E-state index >= 15 is 0 Å². The fraction of sp³-hybridized carbons (Fsp3) is 0.800. The topological polar surface area (TPSA) is 95.6 Å². The molecule has 1 heterocycles. The zero-order valence-corrected chi connectivity index (χ0v) is 25.1. The molecule has 3 fully saturated rings. The summed E-state index contributed by atoms with van der Waals surface area (Å²) in [6.07, 6.45) is 8.16. The minimum absolute atomic E-state index is 0.0183. The van der Waals surface area contributed by atoms with E-state index in [1.54, 1.807) is 22.7 Å². The number of likely N-dealkylation sites (tertiary alicyclic amines) is 1. The first-order chi connectivity index (χ1) is 17.8. The summed E-state index contributed by atoms with van der Waals surface area (Å²) >= 11 is 1.71. The van der Waals surface area contributed by atoms with Gasteiger partial charge in [0.15, 0.2) is 0 Å². The van der Waals surface area contributed by atoms with Crippen molar-refractivity contribution >= 4 is 35.3 Å². The number of ketones is 1. The Morgan fingerprint density at radius 3 is 2.39 bits per heavy atom. The van der Waals surface area contributed by atoms with Crippen molar-refractivity contribution in [1.82, 2.24) is 15.5 Å². The monoisotopic (exact) mass is 547 g/mol. The van der Waals surface area contributed by atoms with E-state index in [0.717, 1.165) is 25.7 Å². The Bertz CT molecular complexity index is 906. The van der Waals surface area contributed by atoms with Crippen LogP contribution in [0.2, 0.25) is 0 Å². The Morgan fingerprint density at radius 1 is 1.13 bits per heavy atom. The predicted octanol–water partition coefficient (Wildman–Crippen LogP) is 4.35. The molecule has 0 unspecified atom stereocenters. The van der Waals surface area contributed by atoms with Gasteiger partial charge in [-0.2, -0.15) is 11.8 Å². The molecule has 38 heavy (non-hydrogen) atoms. The molecule has 0 aromatic carbocycles. The summed E-state index contributed by atoms with van der Waals surface area (Å²) < 4.78 is 0.0721. The first-order valence-corrected chi connectivity index (χ1v) is 15.5. The molecular formula is C30H49N3O4S. The van der Waals surface area contributed by atoms with Gasteiger partial charge in [0.25, 0.3) is 5.91 Å². The number of fused-ring (bicyclic) bond motifs is 1. The summed E-state index contributed by atoms with van der Waals surface area (Å²) in [5.41, 5.74) is -0.0183. The summed E-state index contributed by atoms with van der Waals surface area (Å²) in [4.78, 5) is 54.9. The number of rotatable bonds is 12. The summed E-state index contributed by atoms with van der Waals surface area (Å²) in [5, 5.41) is 5.60. The fourth-order valence-corrected chi connectivity index (χ4v) is 7.30. The van der Waals surface area contributed by atoms with E-state index in [9.17, 15) is 19.2 Å².